The molecule has 0 aliphatic heterocycles. The molecule has 0 aliphatic rings. The highest BCUT2D eigenvalue weighted by Gasteiger charge is 2.21. The third-order valence-electron chi connectivity index (χ3n) is 11.9. The van der Waals surface area contributed by atoms with E-state index in [1.807, 2.05) is 0 Å². The number of rotatable bonds is 6. The minimum absolute atomic E-state index is 1.19. The summed E-state index contributed by atoms with van der Waals surface area (Å²) in [5, 5.41) is 10.0. The lowest BCUT2D eigenvalue weighted by atomic mass is 9.82. The van der Waals surface area contributed by atoms with E-state index in [9.17, 15) is 0 Å². The van der Waals surface area contributed by atoms with Crippen LogP contribution in [-0.2, 0) is 0 Å². The first kappa shape index (κ1) is 33.8. The van der Waals surface area contributed by atoms with Crippen LogP contribution in [0.15, 0.2) is 231 Å². The van der Waals surface area contributed by atoms with E-state index in [0.29, 0.717) is 0 Å². The topological polar surface area (TPSA) is 0 Å². The molecule has 0 saturated heterocycles. The third kappa shape index (κ3) is 5.69. The Morgan fingerprint density at radius 2 is 0.638 bits per heavy atom. The molecular formula is C58H38. The van der Waals surface area contributed by atoms with Crippen molar-refractivity contribution in [2.75, 3.05) is 0 Å². The minimum atomic E-state index is 1.19. The smallest absolute Gasteiger partial charge is 0.00199 e. The van der Waals surface area contributed by atoms with Crippen LogP contribution in [0.4, 0.5) is 0 Å². The Morgan fingerprint density at radius 1 is 0.172 bits per heavy atom. The van der Waals surface area contributed by atoms with Crippen LogP contribution in [0, 0.1) is 0 Å². The first-order chi connectivity index (χ1) is 28.8. The van der Waals surface area contributed by atoms with Gasteiger partial charge in [-0.25, -0.2) is 0 Å². The molecule has 0 nitrogen and oxygen atoms in total. The molecule has 11 rings (SSSR count). The molecule has 0 unspecified atom stereocenters. The first-order valence-corrected chi connectivity index (χ1v) is 20.1. The van der Waals surface area contributed by atoms with Crippen LogP contribution in [-0.4, -0.2) is 0 Å². The Morgan fingerprint density at radius 3 is 1.33 bits per heavy atom. The second kappa shape index (κ2) is 14.2. The van der Waals surface area contributed by atoms with Gasteiger partial charge in [-0.05, 0) is 128 Å². The standard InChI is InChI=1S/C58H38/c1-3-18-39(19-4-1)41-23-17-24-42(36-41)47-35-34-44(46-26-9-10-28-49(46)55-37-43-22-7-8-25-45(43)48-27-11-12-29-50(48)55)38-56(47)58-53-32-15-13-30-51(53)57(40-20-5-2-6-21-40)52-31-14-16-33-54(52)58/h1-38H. The molecule has 0 heteroatoms. The quantitative estimate of drug-likeness (QED) is 0.118. The number of hydrogen-bond acceptors (Lipinski definition) is 0. The number of fused-ring (bicyclic) bond motifs is 5. The van der Waals surface area contributed by atoms with Crippen molar-refractivity contribution in [3.8, 4) is 66.8 Å². The van der Waals surface area contributed by atoms with Gasteiger partial charge >= 0.3 is 0 Å². The molecule has 0 saturated carbocycles. The number of hydrogen-bond donors (Lipinski definition) is 0. The van der Waals surface area contributed by atoms with Crippen LogP contribution in [0.2, 0.25) is 0 Å². The van der Waals surface area contributed by atoms with Gasteiger partial charge in [0.05, 0.1) is 0 Å². The fourth-order valence-electron chi connectivity index (χ4n) is 9.25. The van der Waals surface area contributed by atoms with Gasteiger partial charge in [-0.3, -0.25) is 0 Å². The molecule has 0 aliphatic carbocycles. The molecule has 58 heavy (non-hydrogen) atoms. The van der Waals surface area contributed by atoms with E-state index in [0.717, 1.165) is 0 Å². The summed E-state index contributed by atoms with van der Waals surface area (Å²) in [6.45, 7) is 0. The molecule has 0 bridgehead atoms. The second-order valence-corrected chi connectivity index (χ2v) is 15.2. The summed E-state index contributed by atoms with van der Waals surface area (Å²) >= 11 is 0. The van der Waals surface area contributed by atoms with Crippen LogP contribution in [0.1, 0.15) is 0 Å². The van der Waals surface area contributed by atoms with E-state index in [1.165, 1.54) is 110 Å². The van der Waals surface area contributed by atoms with Gasteiger partial charge in [0.15, 0.2) is 0 Å². The molecule has 270 valence electrons. The Kier molecular flexibility index (Phi) is 8.26. The highest BCUT2D eigenvalue weighted by atomic mass is 14.2. The van der Waals surface area contributed by atoms with Crippen molar-refractivity contribution in [3.05, 3.63) is 231 Å². The fraction of sp³-hybridized carbons (Fsp3) is 0. The maximum atomic E-state index is 2.46. The van der Waals surface area contributed by atoms with Crippen LogP contribution >= 0.6 is 0 Å². The van der Waals surface area contributed by atoms with Gasteiger partial charge in [-0.15, -0.1) is 0 Å². The van der Waals surface area contributed by atoms with E-state index in [4.69, 9.17) is 0 Å². The van der Waals surface area contributed by atoms with E-state index in [1.54, 1.807) is 0 Å². The maximum absolute atomic E-state index is 2.46. The molecule has 0 radical (unpaired) electrons. The highest BCUT2D eigenvalue weighted by molar-refractivity contribution is 6.23. The fourth-order valence-corrected chi connectivity index (χ4v) is 9.25. The zero-order chi connectivity index (χ0) is 38.4. The van der Waals surface area contributed by atoms with Crippen molar-refractivity contribution >= 4 is 43.1 Å². The molecular weight excluding hydrogens is 697 g/mol. The summed E-state index contributed by atoms with van der Waals surface area (Å²) in [6, 6.07) is 84.6. The van der Waals surface area contributed by atoms with Crippen molar-refractivity contribution in [1.29, 1.82) is 0 Å². The first-order valence-electron chi connectivity index (χ1n) is 20.1. The number of benzene rings is 11. The molecule has 0 aromatic heterocycles. The van der Waals surface area contributed by atoms with E-state index >= 15 is 0 Å². The summed E-state index contributed by atoms with van der Waals surface area (Å²) in [7, 11) is 0. The molecule has 0 amide bonds. The summed E-state index contributed by atoms with van der Waals surface area (Å²) < 4.78 is 0. The van der Waals surface area contributed by atoms with Crippen LogP contribution in [0.25, 0.3) is 110 Å². The minimum Gasteiger partial charge on any atom is -0.0622 e. The Balaban J connectivity index is 1.22. The largest absolute Gasteiger partial charge is 0.0622 e. The molecule has 0 N–H and O–H groups in total. The summed E-state index contributed by atoms with van der Waals surface area (Å²) in [5.74, 6) is 0. The van der Waals surface area contributed by atoms with Gasteiger partial charge in [0.25, 0.3) is 0 Å². The zero-order valence-corrected chi connectivity index (χ0v) is 31.9. The third-order valence-corrected chi connectivity index (χ3v) is 11.9. The van der Waals surface area contributed by atoms with E-state index in [-0.39, 0.29) is 0 Å². The maximum Gasteiger partial charge on any atom is -0.00199 e. The van der Waals surface area contributed by atoms with E-state index in [2.05, 4.69) is 231 Å². The zero-order valence-electron chi connectivity index (χ0n) is 31.9. The highest BCUT2D eigenvalue weighted by Crippen LogP contribution is 2.48. The Labute approximate surface area is 339 Å². The van der Waals surface area contributed by atoms with Crippen molar-refractivity contribution in [3.63, 3.8) is 0 Å². The van der Waals surface area contributed by atoms with Gasteiger partial charge in [0.2, 0.25) is 0 Å². The van der Waals surface area contributed by atoms with Gasteiger partial charge in [-0.2, -0.15) is 0 Å². The monoisotopic (exact) mass is 734 g/mol. The SMILES string of the molecule is c1ccc(-c2cccc(-c3ccc(-c4ccccc4-c4cc5ccccc5c5ccccc45)cc3-c3c4ccccc4c(-c4ccccc4)c4ccccc34)c2)cc1. The van der Waals surface area contributed by atoms with Gasteiger partial charge in [0, 0.05) is 0 Å². The van der Waals surface area contributed by atoms with Crippen LogP contribution < -0.4 is 0 Å². The molecule has 0 heterocycles. The molecule has 11 aromatic carbocycles. The average molecular weight is 735 g/mol. The molecule has 11 aromatic rings. The van der Waals surface area contributed by atoms with Crippen LogP contribution in [0.3, 0.4) is 0 Å². The summed E-state index contributed by atoms with van der Waals surface area (Å²) in [4.78, 5) is 0. The normalized spacial score (nSPS) is 11.4. The van der Waals surface area contributed by atoms with Gasteiger partial charge < -0.3 is 0 Å². The average Bonchev–Trinajstić information content (AvgIpc) is 3.31. The van der Waals surface area contributed by atoms with Crippen molar-refractivity contribution in [2.24, 2.45) is 0 Å². The Hall–Kier alpha value is -7.54. The van der Waals surface area contributed by atoms with Gasteiger partial charge in [0.1, 0.15) is 0 Å². The van der Waals surface area contributed by atoms with Gasteiger partial charge in [-0.1, -0.05) is 212 Å². The summed E-state index contributed by atoms with van der Waals surface area (Å²) in [6.07, 6.45) is 0. The second-order valence-electron chi connectivity index (χ2n) is 15.2. The van der Waals surface area contributed by atoms with Crippen LogP contribution in [0.5, 0.6) is 0 Å². The Bertz CT molecular complexity index is 3260. The lowest BCUT2D eigenvalue weighted by molar-refractivity contribution is 1.56. The van der Waals surface area contributed by atoms with E-state index < -0.39 is 0 Å². The predicted molar refractivity (Wildman–Crippen MR) is 249 cm³/mol. The van der Waals surface area contributed by atoms with Crippen molar-refractivity contribution in [2.45, 2.75) is 0 Å². The predicted octanol–water partition coefficient (Wildman–Crippen LogP) is 16.3. The molecule has 0 fully saturated rings. The van der Waals surface area contributed by atoms with Crippen molar-refractivity contribution < 1.29 is 0 Å². The molecule has 0 atom stereocenters. The molecule has 0 spiro atoms. The lowest BCUT2D eigenvalue weighted by Gasteiger charge is -2.21. The summed E-state index contributed by atoms with van der Waals surface area (Å²) in [5.41, 5.74) is 14.6. The van der Waals surface area contributed by atoms with Crippen molar-refractivity contribution in [1.82, 2.24) is 0 Å². The lowest BCUT2D eigenvalue weighted by Crippen LogP contribution is -1.94.